The highest BCUT2D eigenvalue weighted by molar-refractivity contribution is 5.89. The van der Waals surface area contributed by atoms with Gasteiger partial charge < -0.3 is 9.84 Å². The van der Waals surface area contributed by atoms with Crippen LogP contribution in [-0.4, -0.2) is 16.7 Å². The normalized spacial score (nSPS) is 12.7. The molecule has 3 nitrogen and oxygen atoms in total. The predicted molar refractivity (Wildman–Crippen MR) is 115 cm³/mol. The van der Waals surface area contributed by atoms with Gasteiger partial charge in [0, 0.05) is 6.42 Å². The Morgan fingerprint density at radius 1 is 0.857 bits per heavy atom. The Labute approximate surface area is 169 Å². The predicted octanol–water partition coefficient (Wildman–Crippen LogP) is 6.17. The standard InChI is InChI=1S/C25H34O3/c1-23(2,3)19-12-9-18(21(15-19)24(4,5)6)16-25(7,8)28-22(27)17-10-13-20(26)14-11-17/h9-15,26H,16H2,1-8H3. The maximum absolute atomic E-state index is 12.5. The number of benzene rings is 2. The molecule has 0 aliphatic heterocycles. The van der Waals surface area contributed by atoms with Gasteiger partial charge in [-0.05, 0) is 65.6 Å². The topological polar surface area (TPSA) is 46.5 Å². The Kier molecular flexibility index (Phi) is 5.98. The van der Waals surface area contributed by atoms with Crippen molar-refractivity contribution in [2.75, 3.05) is 0 Å². The first-order valence-electron chi connectivity index (χ1n) is 9.85. The second-order valence-corrected chi connectivity index (χ2v) is 10.2. The number of phenolic OH excluding ortho intramolecular Hbond substituents is 1. The van der Waals surface area contributed by atoms with E-state index in [4.69, 9.17) is 4.74 Å². The molecule has 152 valence electrons. The van der Waals surface area contributed by atoms with Gasteiger partial charge in [0.2, 0.25) is 0 Å². The lowest BCUT2D eigenvalue weighted by molar-refractivity contribution is -0.000782. The molecule has 0 amide bonds. The zero-order valence-corrected chi connectivity index (χ0v) is 18.5. The summed E-state index contributed by atoms with van der Waals surface area (Å²) in [5.74, 6) is -0.252. The van der Waals surface area contributed by atoms with Crippen molar-refractivity contribution in [3.8, 4) is 5.75 Å². The average molecular weight is 383 g/mol. The van der Waals surface area contributed by atoms with E-state index in [0.717, 1.165) is 0 Å². The molecule has 0 radical (unpaired) electrons. The summed E-state index contributed by atoms with van der Waals surface area (Å²) in [5.41, 5.74) is 3.65. The molecule has 0 bridgehead atoms. The van der Waals surface area contributed by atoms with Crippen molar-refractivity contribution >= 4 is 5.97 Å². The summed E-state index contributed by atoms with van der Waals surface area (Å²) in [6.45, 7) is 17.2. The first-order chi connectivity index (χ1) is 12.7. The zero-order valence-electron chi connectivity index (χ0n) is 18.5. The van der Waals surface area contributed by atoms with Gasteiger partial charge in [-0.2, -0.15) is 0 Å². The number of ether oxygens (including phenoxy) is 1. The van der Waals surface area contributed by atoms with Crippen molar-refractivity contribution in [2.24, 2.45) is 0 Å². The highest BCUT2D eigenvalue weighted by Gasteiger charge is 2.29. The Morgan fingerprint density at radius 2 is 1.43 bits per heavy atom. The van der Waals surface area contributed by atoms with E-state index in [9.17, 15) is 9.90 Å². The number of hydrogen-bond donors (Lipinski definition) is 1. The Bertz CT molecular complexity index is 832. The van der Waals surface area contributed by atoms with Crippen molar-refractivity contribution in [3.05, 3.63) is 64.7 Å². The first kappa shape index (κ1) is 22.0. The van der Waals surface area contributed by atoms with Gasteiger partial charge in [0.25, 0.3) is 0 Å². The number of aromatic hydroxyl groups is 1. The van der Waals surface area contributed by atoms with Gasteiger partial charge in [0.05, 0.1) is 5.56 Å². The molecule has 0 fully saturated rings. The fourth-order valence-electron chi connectivity index (χ4n) is 3.30. The number of carbonyl (C=O) groups is 1. The van der Waals surface area contributed by atoms with E-state index in [0.29, 0.717) is 12.0 Å². The van der Waals surface area contributed by atoms with Crippen LogP contribution in [0.25, 0.3) is 0 Å². The number of esters is 1. The molecule has 2 rings (SSSR count). The van der Waals surface area contributed by atoms with Crippen LogP contribution in [0.3, 0.4) is 0 Å². The minimum Gasteiger partial charge on any atom is -0.508 e. The van der Waals surface area contributed by atoms with Crippen molar-refractivity contribution in [3.63, 3.8) is 0 Å². The Hall–Kier alpha value is -2.29. The second kappa shape index (κ2) is 7.62. The number of phenols is 1. The molecular formula is C25H34O3. The van der Waals surface area contributed by atoms with E-state index in [1.54, 1.807) is 12.1 Å². The monoisotopic (exact) mass is 382 g/mol. The molecule has 3 heteroatoms. The summed E-state index contributed by atoms with van der Waals surface area (Å²) in [6, 6.07) is 12.8. The number of rotatable bonds is 4. The molecule has 1 N–H and O–H groups in total. The fraction of sp³-hybridized carbons (Fsp3) is 0.480. The lowest BCUT2D eigenvalue weighted by Crippen LogP contribution is -2.32. The highest BCUT2D eigenvalue weighted by atomic mass is 16.6. The van der Waals surface area contributed by atoms with Crippen LogP contribution in [0.4, 0.5) is 0 Å². The molecule has 0 aromatic heterocycles. The van der Waals surface area contributed by atoms with Crippen LogP contribution in [0.5, 0.6) is 5.75 Å². The zero-order chi connectivity index (χ0) is 21.3. The van der Waals surface area contributed by atoms with Crippen LogP contribution < -0.4 is 0 Å². The summed E-state index contributed by atoms with van der Waals surface area (Å²) in [6.07, 6.45) is 0.633. The lowest BCUT2D eigenvalue weighted by atomic mass is 9.77. The largest absolute Gasteiger partial charge is 0.508 e. The van der Waals surface area contributed by atoms with Crippen molar-refractivity contribution in [2.45, 2.75) is 78.2 Å². The number of carbonyl (C=O) groups excluding carboxylic acids is 1. The van der Waals surface area contributed by atoms with E-state index < -0.39 is 5.60 Å². The second-order valence-electron chi connectivity index (χ2n) is 10.2. The molecule has 0 unspecified atom stereocenters. The smallest absolute Gasteiger partial charge is 0.338 e. The first-order valence-corrected chi connectivity index (χ1v) is 9.85. The third-order valence-electron chi connectivity index (χ3n) is 4.87. The Morgan fingerprint density at radius 3 is 1.93 bits per heavy atom. The molecule has 2 aromatic carbocycles. The average Bonchev–Trinajstić information content (AvgIpc) is 2.52. The lowest BCUT2D eigenvalue weighted by Gasteiger charge is -2.31. The molecule has 0 saturated carbocycles. The summed E-state index contributed by atoms with van der Waals surface area (Å²) < 4.78 is 5.81. The maximum atomic E-state index is 12.5. The van der Waals surface area contributed by atoms with E-state index in [-0.39, 0.29) is 22.5 Å². The van der Waals surface area contributed by atoms with Gasteiger partial charge in [0.15, 0.2) is 0 Å². The van der Waals surface area contributed by atoms with E-state index >= 15 is 0 Å². The number of hydrogen-bond acceptors (Lipinski definition) is 3. The van der Waals surface area contributed by atoms with Gasteiger partial charge in [-0.25, -0.2) is 4.79 Å². The third kappa shape index (κ3) is 5.60. The molecule has 2 aromatic rings. The minimum absolute atomic E-state index is 0.00631. The van der Waals surface area contributed by atoms with Gasteiger partial charge in [-0.15, -0.1) is 0 Å². The van der Waals surface area contributed by atoms with Crippen molar-refractivity contribution in [1.29, 1.82) is 0 Å². The molecule has 28 heavy (non-hydrogen) atoms. The summed E-state index contributed by atoms with van der Waals surface area (Å²) in [4.78, 5) is 12.5. The van der Waals surface area contributed by atoms with Crippen LogP contribution >= 0.6 is 0 Å². The maximum Gasteiger partial charge on any atom is 0.338 e. The third-order valence-corrected chi connectivity index (χ3v) is 4.87. The molecule has 0 atom stereocenters. The molecular weight excluding hydrogens is 348 g/mol. The molecule has 0 spiro atoms. The minimum atomic E-state index is -0.655. The van der Waals surface area contributed by atoms with Gasteiger partial charge in [-0.3, -0.25) is 0 Å². The van der Waals surface area contributed by atoms with Crippen LogP contribution in [0.15, 0.2) is 42.5 Å². The van der Waals surface area contributed by atoms with Gasteiger partial charge in [-0.1, -0.05) is 59.7 Å². The molecule has 0 heterocycles. The molecule has 0 aliphatic carbocycles. The van der Waals surface area contributed by atoms with Crippen molar-refractivity contribution in [1.82, 2.24) is 0 Å². The Balaban J connectivity index is 2.29. The van der Waals surface area contributed by atoms with E-state index in [2.05, 4.69) is 59.7 Å². The van der Waals surface area contributed by atoms with Crippen LogP contribution in [0.2, 0.25) is 0 Å². The van der Waals surface area contributed by atoms with Crippen LogP contribution in [-0.2, 0) is 22.0 Å². The fourth-order valence-corrected chi connectivity index (χ4v) is 3.30. The quantitative estimate of drug-likeness (QED) is 0.644. The summed E-state index contributed by atoms with van der Waals surface area (Å²) >= 11 is 0. The van der Waals surface area contributed by atoms with Crippen molar-refractivity contribution < 1.29 is 14.6 Å². The summed E-state index contributed by atoms with van der Waals surface area (Å²) in [5, 5.41) is 9.40. The molecule has 0 aliphatic rings. The van der Waals surface area contributed by atoms with Gasteiger partial charge in [0.1, 0.15) is 11.4 Å². The molecule has 0 saturated heterocycles. The summed E-state index contributed by atoms with van der Waals surface area (Å²) in [7, 11) is 0. The van der Waals surface area contributed by atoms with Crippen LogP contribution in [0, 0.1) is 0 Å². The van der Waals surface area contributed by atoms with E-state index in [1.165, 1.54) is 28.8 Å². The highest BCUT2D eigenvalue weighted by Crippen LogP contribution is 2.33. The van der Waals surface area contributed by atoms with Gasteiger partial charge >= 0.3 is 5.97 Å². The van der Waals surface area contributed by atoms with Crippen LogP contribution in [0.1, 0.15) is 82.4 Å². The van der Waals surface area contributed by atoms with E-state index in [1.807, 2.05) is 13.8 Å². The SMILES string of the molecule is CC(C)(Cc1ccc(C(C)(C)C)cc1C(C)(C)C)OC(=O)c1ccc(O)cc1.